The van der Waals surface area contributed by atoms with Crippen molar-refractivity contribution in [2.24, 2.45) is 5.41 Å². The molecule has 0 saturated heterocycles. The monoisotopic (exact) mass is 266 g/mol. The minimum Gasteiger partial charge on any atom is -0.325 e. The van der Waals surface area contributed by atoms with Crippen LogP contribution in [0.25, 0.3) is 0 Å². The lowest BCUT2D eigenvalue weighted by atomic mass is 10.0. The van der Waals surface area contributed by atoms with Crippen LogP contribution < -0.4 is 10.6 Å². The molecule has 0 unspecified atom stereocenters. The standard InChI is InChI=1S/C14H22N2OS/c1-3-5-14(6-7-14)10-15-9-13-12(4-8-18-13)16-11(2)17/h4,8,15H,3,5-7,9-10H2,1-2H3,(H,16,17). The molecule has 100 valence electrons. The van der Waals surface area contributed by atoms with Gasteiger partial charge in [-0.25, -0.2) is 0 Å². The fourth-order valence-electron chi connectivity index (χ4n) is 2.44. The summed E-state index contributed by atoms with van der Waals surface area (Å²) in [4.78, 5) is 12.3. The summed E-state index contributed by atoms with van der Waals surface area (Å²) >= 11 is 1.70. The second-order valence-corrected chi connectivity index (χ2v) is 6.29. The molecule has 4 heteroatoms. The number of hydrogen-bond acceptors (Lipinski definition) is 3. The first-order valence-electron chi connectivity index (χ1n) is 6.70. The third-order valence-electron chi connectivity index (χ3n) is 3.58. The van der Waals surface area contributed by atoms with Crippen molar-refractivity contribution in [2.75, 3.05) is 11.9 Å². The highest BCUT2D eigenvalue weighted by Crippen LogP contribution is 2.49. The van der Waals surface area contributed by atoms with E-state index in [1.807, 2.05) is 11.4 Å². The number of rotatable bonds is 7. The van der Waals surface area contributed by atoms with Crippen molar-refractivity contribution in [1.82, 2.24) is 5.32 Å². The topological polar surface area (TPSA) is 41.1 Å². The number of carbonyl (C=O) groups is 1. The first-order valence-corrected chi connectivity index (χ1v) is 7.58. The van der Waals surface area contributed by atoms with Crippen molar-refractivity contribution in [1.29, 1.82) is 0 Å². The van der Waals surface area contributed by atoms with Crippen LogP contribution in [0.3, 0.4) is 0 Å². The van der Waals surface area contributed by atoms with Gasteiger partial charge in [0.1, 0.15) is 0 Å². The fourth-order valence-corrected chi connectivity index (χ4v) is 3.24. The summed E-state index contributed by atoms with van der Waals surface area (Å²) in [5, 5.41) is 8.45. The lowest BCUT2D eigenvalue weighted by molar-refractivity contribution is -0.114. The lowest BCUT2D eigenvalue weighted by Gasteiger charge is -2.15. The van der Waals surface area contributed by atoms with Gasteiger partial charge in [-0.3, -0.25) is 4.79 Å². The number of amides is 1. The Morgan fingerprint density at radius 1 is 1.50 bits per heavy atom. The van der Waals surface area contributed by atoms with Gasteiger partial charge in [-0.05, 0) is 36.1 Å². The van der Waals surface area contributed by atoms with Crippen molar-refractivity contribution < 1.29 is 4.79 Å². The molecule has 0 aromatic carbocycles. The van der Waals surface area contributed by atoms with Gasteiger partial charge in [0.05, 0.1) is 5.69 Å². The van der Waals surface area contributed by atoms with Gasteiger partial charge >= 0.3 is 0 Å². The quantitative estimate of drug-likeness (QED) is 0.794. The Hall–Kier alpha value is -0.870. The fraction of sp³-hybridized carbons (Fsp3) is 0.643. The SMILES string of the molecule is CCCC1(CNCc2sccc2NC(C)=O)CC1. The second-order valence-electron chi connectivity index (χ2n) is 5.29. The van der Waals surface area contributed by atoms with Crippen LogP contribution in [0.4, 0.5) is 5.69 Å². The molecule has 3 nitrogen and oxygen atoms in total. The van der Waals surface area contributed by atoms with Gasteiger partial charge in [0.2, 0.25) is 5.91 Å². The minimum atomic E-state index is -0.000652. The van der Waals surface area contributed by atoms with E-state index in [9.17, 15) is 4.79 Å². The molecule has 0 aliphatic heterocycles. The first-order chi connectivity index (χ1) is 8.65. The number of hydrogen-bond donors (Lipinski definition) is 2. The Morgan fingerprint density at radius 3 is 2.89 bits per heavy atom. The lowest BCUT2D eigenvalue weighted by Crippen LogP contribution is -2.23. The zero-order valence-electron chi connectivity index (χ0n) is 11.2. The maximum atomic E-state index is 11.1. The van der Waals surface area contributed by atoms with E-state index in [1.165, 1.54) is 30.6 Å². The van der Waals surface area contributed by atoms with Crippen molar-refractivity contribution in [3.05, 3.63) is 16.3 Å². The molecule has 1 aromatic heterocycles. The number of carbonyl (C=O) groups excluding carboxylic acids is 1. The summed E-state index contributed by atoms with van der Waals surface area (Å²) in [6.07, 6.45) is 5.36. The highest BCUT2D eigenvalue weighted by Gasteiger charge is 2.40. The molecule has 0 spiro atoms. The van der Waals surface area contributed by atoms with Crippen molar-refractivity contribution in [2.45, 2.75) is 46.1 Å². The van der Waals surface area contributed by atoms with Gasteiger partial charge in [0, 0.05) is 24.9 Å². The molecular formula is C14H22N2OS. The van der Waals surface area contributed by atoms with Crippen LogP contribution >= 0.6 is 11.3 Å². The summed E-state index contributed by atoms with van der Waals surface area (Å²) in [7, 11) is 0. The van der Waals surface area contributed by atoms with Gasteiger partial charge in [-0.2, -0.15) is 0 Å². The minimum absolute atomic E-state index is 0.000652. The van der Waals surface area contributed by atoms with Crippen molar-refractivity contribution >= 4 is 22.9 Å². The molecule has 0 radical (unpaired) electrons. The molecule has 1 aliphatic rings. The molecule has 1 heterocycles. The largest absolute Gasteiger partial charge is 0.325 e. The second kappa shape index (κ2) is 5.85. The van der Waals surface area contributed by atoms with Gasteiger partial charge in [-0.15, -0.1) is 11.3 Å². The molecule has 0 bridgehead atoms. The van der Waals surface area contributed by atoms with E-state index in [0.717, 1.165) is 18.8 Å². The van der Waals surface area contributed by atoms with Crippen LogP contribution in [0.15, 0.2) is 11.4 Å². The van der Waals surface area contributed by atoms with Crippen LogP contribution in [-0.4, -0.2) is 12.5 Å². The van der Waals surface area contributed by atoms with Gasteiger partial charge in [-0.1, -0.05) is 13.3 Å². The highest BCUT2D eigenvalue weighted by molar-refractivity contribution is 7.10. The van der Waals surface area contributed by atoms with Gasteiger partial charge in [0.25, 0.3) is 0 Å². The predicted molar refractivity (Wildman–Crippen MR) is 76.9 cm³/mol. The van der Waals surface area contributed by atoms with E-state index in [4.69, 9.17) is 0 Å². The summed E-state index contributed by atoms with van der Waals surface area (Å²) in [6.45, 7) is 5.78. The molecule has 1 saturated carbocycles. The zero-order chi connectivity index (χ0) is 13.0. The third-order valence-corrected chi connectivity index (χ3v) is 4.50. The molecule has 2 N–H and O–H groups in total. The molecule has 1 amide bonds. The van der Waals surface area contributed by atoms with Crippen molar-refractivity contribution in [3.63, 3.8) is 0 Å². The van der Waals surface area contributed by atoms with Crippen LogP contribution in [0.2, 0.25) is 0 Å². The number of nitrogens with one attached hydrogen (secondary N) is 2. The van der Waals surface area contributed by atoms with E-state index in [1.54, 1.807) is 18.3 Å². The van der Waals surface area contributed by atoms with Crippen LogP contribution in [-0.2, 0) is 11.3 Å². The molecule has 1 aromatic rings. The highest BCUT2D eigenvalue weighted by atomic mass is 32.1. The number of thiophene rings is 1. The Labute approximate surface area is 113 Å². The molecule has 1 aliphatic carbocycles. The van der Waals surface area contributed by atoms with Crippen LogP contribution in [0.1, 0.15) is 44.4 Å². The summed E-state index contributed by atoms with van der Waals surface area (Å²) in [5.74, 6) is -0.000652. The van der Waals surface area contributed by atoms with Crippen LogP contribution in [0, 0.1) is 5.41 Å². The predicted octanol–water partition coefficient (Wildman–Crippen LogP) is 3.38. The maximum absolute atomic E-state index is 11.1. The first kappa shape index (κ1) is 13.6. The molecule has 1 fully saturated rings. The van der Waals surface area contributed by atoms with E-state index < -0.39 is 0 Å². The summed E-state index contributed by atoms with van der Waals surface area (Å²) < 4.78 is 0. The maximum Gasteiger partial charge on any atom is 0.221 e. The zero-order valence-corrected chi connectivity index (χ0v) is 12.0. The van der Waals surface area contributed by atoms with Crippen molar-refractivity contribution in [3.8, 4) is 0 Å². The smallest absolute Gasteiger partial charge is 0.221 e. The van der Waals surface area contributed by atoms with Crippen LogP contribution in [0.5, 0.6) is 0 Å². The molecular weight excluding hydrogens is 244 g/mol. The third kappa shape index (κ3) is 3.56. The number of anilines is 1. The Bertz CT molecular complexity index is 410. The summed E-state index contributed by atoms with van der Waals surface area (Å²) in [5.41, 5.74) is 1.54. The average Bonchev–Trinajstić information content (AvgIpc) is 2.93. The Morgan fingerprint density at radius 2 is 2.28 bits per heavy atom. The van der Waals surface area contributed by atoms with E-state index in [0.29, 0.717) is 5.41 Å². The Kier molecular flexibility index (Phi) is 4.40. The van der Waals surface area contributed by atoms with Gasteiger partial charge in [0.15, 0.2) is 0 Å². The molecule has 0 atom stereocenters. The van der Waals surface area contributed by atoms with E-state index in [2.05, 4.69) is 17.6 Å². The van der Waals surface area contributed by atoms with Gasteiger partial charge < -0.3 is 10.6 Å². The normalized spacial score (nSPS) is 16.6. The molecule has 18 heavy (non-hydrogen) atoms. The Balaban J connectivity index is 1.80. The summed E-state index contributed by atoms with van der Waals surface area (Å²) in [6, 6.07) is 1.97. The average molecular weight is 266 g/mol. The molecule has 2 rings (SSSR count). The van der Waals surface area contributed by atoms with E-state index >= 15 is 0 Å². The van der Waals surface area contributed by atoms with E-state index in [-0.39, 0.29) is 5.91 Å².